The van der Waals surface area contributed by atoms with Crippen molar-refractivity contribution in [2.45, 2.75) is 38.3 Å². The number of nitrogens with one attached hydrogen (secondary N) is 3. The fourth-order valence-corrected chi connectivity index (χ4v) is 5.66. The minimum atomic E-state index is -0.669. The normalized spacial score (nSPS) is 14.4. The number of benzene rings is 1. The molecule has 1 heterocycles. The van der Waals surface area contributed by atoms with E-state index in [0.29, 0.717) is 59.1 Å². The van der Waals surface area contributed by atoms with Gasteiger partial charge in [0.1, 0.15) is 6.04 Å². The molecule has 42 heavy (non-hydrogen) atoms. The number of rotatable bonds is 11. The Labute approximate surface area is 249 Å². The number of anilines is 2. The van der Waals surface area contributed by atoms with Crippen molar-refractivity contribution < 1.29 is 23.8 Å². The highest BCUT2D eigenvalue weighted by Gasteiger charge is 2.30. The number of fused-ring (bicyclic) bond motifs is 3. The van der Waals surface area contributed by atoms with Crippen LogP contribution in [0.5, 0.6) is 17.2 Å². The highest BCUT2D eigenvalue weighted by Crippen LogP contribution is 2.50. The SMILES string of the molecule is COc1cc2c(c(OC)c1OC)-c1ccc(N[C@@H](CCSC)C(=O)Nc3ccncc3)c(=O)cc1[C@@H](NC(C)=O)CC2. The van der Waals surface area contributed by atoms with Crippen molar-refractivity contribution in [2.24, 2.45) is 0 Å². The molecular weight excluding hydrogens is 556 g/mol. The zero-order valence-corrected chi connectivity index (χ0v) is 25.2. The van der Waals surface area contributed by atoms with Crippen molar-refractivity contribution in [3.8, 4) is 28.4 Å². The van der Waals surface area contributed by atoms with Gasteiger partial charge in [-0.05, 0) is 78.3 Å². The standard InChI is InChI=1S/C31H36N4O6S/c1-18(36)33-23-8-6-19-16-27(39-2)29(40-3)30(41-4)28(19)21-7-9-24(26(37)17-22(21)23)35-25(12-15-42-5)31(38)34-20-10-13-32-14-11-20/h7,9-11,13-14,16-17,23,25H,6,8,12,15H2,1-5H3,(H,33,36)(H,35,37)(H,32,34,38)/t23-,25-/m0/s1. The van der Waals surface area contributed by atoms with Crippen LogP contribution in [0.1, 0.15) is 36.9 Å². The van der Waals surface area contributed by atoms with E-state index >= 15 is 0 Å². The molecule has 0 unspecified atom stereocenters. The van der Waals surface area contributed by atoms with Crippen molar-refractivity contribution in [2.75, 3.05) is 44.0 Å². The van der Waals surface area contributed by atoms with Gasteiger partial charge in [0.2, 0.25) is 23.0 Å². The second-order valence-corrected chi connectivity index (χ2v) is 10.8. The summed E-state index contributed by atoms with van der Waals surface area (Å²) in [6, 6.07) is 9.27. The summed E-state index contributed by atoms with van der Waals surface area (Å²) >= 11 is 1.61. The predicted molar refractivity (Wildman–Crippen MR) is 166 cm³/mol. The number of amides is 2. The van der Waals surface area contributed by atoms with Gasteiger partial charge >= 0.3 is 0 Å². The first kappa shape index (κ1) is 30.7. The third-order valence-electron chi connectivity index (χ3n) is 7.12. The number of aryl methyl sites for hydroxylation is 1. The van der Waals surface area contributed by atoms with Crippen LogP contribution in [-0.2, 0) is 16.0 Å². The Morgan fingerprint density at radius 1 is 1.05 bits per heavy atom. The molecule has 0 saturated carbocycles. The number of nitrogens with zero attached hydrogens (tertiary/aromatic N) is 1. The van der Waals surface area contributed by atoms with E-state index in [2.05, 4.69) is 20.9 Å². The molecule has 2 atom stereocenters. The molecule has 4 rings (SSSR count). The highest BCUT2D eigenvalue weighted by atomic mass is 32.2. The van der Waals surface area contributed by atoms with Crippen LogP contribution in [0.25, 0.3) is 11.1 Å². The van der Waals surface area contributed by atoms with Crippen LogP contribution < -0.4 is 35.6 Å². The smallest absolute Gasteiger partial charge is 0.246 e. The largest absolute Gasteiger partial charge is 0.493 e. The summed E-state index contributed by atoms with van der Waals surface area (Å²) < 4.78 is 17.1. The zero-order valence-electron chi connectivity index (χ0n) is 24.4. The van der Waals surface area contributed by atoms with E-state index in [4.69, 9.17) is 14.2 Å². The molecule has 1 aromatic heterocycles. The molecule has 10 nitrogen and oxygen atoms in total. The minimum absolute atomic E-state index is 0.207. The summed E-state index contributed by atoms with van der Waals surface area (Å²) in [6.07, 6.45) is 6.81. The van der Waals surface area contributed by atoms with Gasteiger partial charge in [-0.1, -0.05) is 6.07 Å². The lowest BCUT2D eigenvalue weighted by atomic mass is 9.95. The summed E-state index contributed by atoms with van der Waals surface area (Å²) in [5.74, 6) is 1.67. The molecule has 3 aromatic rings. The number of thioether (sulfide) groups is 1. The van der Waals surface area contributed by atoms with Crippen LogP contribution in [0.3, 0.4) is 0 Å². The number of methoxy groups -OCH3 is 3. The van der Waals surface area contributed by atoms with Gasteiger partial charge in [0.15, 0.2) is 11.5 Å². The Morgan fingerprint density at radius 3 is 2.43 bits per heavy atom. The first-order chi connectivity index (χ1) is 20.3. The minimum Gasteiger partial charge on any atom is -0.493 e. The van der Waals surface area contributed by atoms with Gasteiger partial charge in [0.05, 0.1) is 33.1 Å². The van der Waals surface area contributed by atoms with Crippen LogP contribution in [0, 0.1) is 0 Å². The molecule has 0 saturated heterocycles. The molecule has 0 radical (unpaired) electrons. The van der Waals surface area contributed by atoms with E-state index in [1.165, 1.54) is 13.0 Å². The molecule has 0 aliphatic heterocycles. The number of carbonyl (C=O) groups excluding carboxylic acids is 2. The first-order valence-corrected chi connectivity index (χ1v) is 14.9. The molecule has 11 heteroatoms. The van der Waals surface area contributed by atoms with E-state index < -0.39 is 12.1 Å². The lowest BCUT2D eigenvalue weighted by molar-refractivity contribution is -0.120. The van der Waals surface area contributed by atoms with Gasteiger partial charge in [0.25, 0.3) is 0 Å². The molecule has 0 spiro atoms. The molecule has 222 valence electrons. The van der Waals surface area contributed by atoms with Crippen molar-refractivity contribution >= 4 is 35.0 Å². The second-order valence-electron chi connectivity index (χ2n) is 9.80. The van der Waals surface area contributed by atoms with Gasteiger partial charge in [-0.3, -0.25) is 19.4 Å². The van der Waals surface area contributed by atoms with Crippen LogP contribution in [0.15, 0.2) is 53.6 Å². The summed E-state index contributed by atoms with van der Waals surface area (Å²) in [5.41, 5.74) is 3.63. The van der Waals surface area contributed by atoms with E-state index in [1.54, 1.807) is 63.7 Å². The Kier molecular flexibility index (Phi) is 10.3. The van der Waals surface area contributed by atoms with Gasteiger partial charge in [-0.2, -0.15) is 11.8 Å². The molecular formula is C31H36N4O6S. The lowest BCUT2D eigenvalue weighted by Gasteiger charge is -2.19. The molecule has 2 amide bonds. The highest BCUT2D eigenvalue weighted by molar-refractivity contribution is 7.98. The maximum absolute atomic E-state index is 13.7. The number of aromatic nitrogens is 1. The van der Waals surface area contributed by atoms with Crippen LogP contribution in [0.2, 0.25) is 0 Å². The average molecular weight is 593 g/mol. The number of hydrogen-bond donors (Lipinski definition) is 3. The molecule has 2 aromatic carbocycles. The average Bonchev–Trinajstić information content (AvgIpc) is 3.22. The Balaban J connectivity index is 1.85. The molecule has 1 aliphatic carbocycles. The number of carbonyl (C=O) groups is 2. The number of hydrogen-bond acceptors (Lipinski definition) is 9. The van der Waals surface area contributed by atoms with Gasteiger partial charge in [0, 0.05) is 30.6 Å². The Hall–Kier alpha value is -4.25. The fourth-order valence-electron chi connectivity index (χ4n) is 5.18. The lowest BCUT2D eigenvalue weighted by Crippen LogP contribution is -2.36. The van der Waals surface area contributed by atoms with Crippen LogP contribution in [0.4, 0.5) is 11.4 Å². The zero-order chi connectivity index (χ0) is 30.2. The second kappa shape index (κ2) is 14.1. The monoisotopic (exact) mass is 592 g/mol. The van der Waals surface area contributed by atoms with E-state index in [-0.39, 0.29) is 22.9 Å². The van der Waals surface area contributed by atoms with Crippen molar-refractivity contribution in [1.29, 1.82) is 0 Å². The van der Waals surface area contributed by atoms with Gasteiger partial charge < -0.3 is 30.2 Å². The van der Waals surface area contributed by atoms with Crippen molar-refractivity contribution in [1.82, 2.24) is 10.3 Å². The van der Waals surface area contributed by atoms with Crippen molar-refractivity contribution in [3.63, 3.8) is 0 Å². The quantitative estimate of drug-likeness (QED) is 0.296. The Bertz CT molecular complexity index is 1500. The van der Waals surface area contributed by atoms with Gasteiger partial charge in [-0.25, -0.2) is 0 Å². The third kappa shape index (κ3) is 6.79. The summed E-state index contributed by atoms with van der Waals surface area (Å²) in [7, 11) is 4.66. The van der Waals surface area contributed by atoms with Crippen molar-refractivity contribution in [3.05, 3.63) is 70.1 Å². The topological polar surface area (TPSA) is 128 Å². The number of ether oxygens (including phenoxy) is 3. The van der Waals surface area contributed by atoms with E-state index in [0.717, 1.165) is 11.1 Å². The van der Waals surface area contributed by atoms with E-state index in [9.17, 15) is 14.4 Å². The summed E-state index contributed by atoms with van der Waals surface area (Å²) in [4.78, 5) is 43.2. The maximum Gasteiger partial charge on any atom is 0.246 e. The fraction of sp³-hybridized carbons (Fsp3) is 0.355. The van der Waals surface area contributed by atoms with Crippen LogP contribution in [-0.4, -0.2) is 56.2 Å². The van der Waals surface area contributed by atoms with Crippen LogP contribution >= 0.6 is 11.8 Å². The molecule has 1 aliphatic rings. The number of pyridine rings is 1. The predicted octanol–water partition coefficient (Wildman–Crippen LogP) is 4.43. The maximum atomic E-state index is 13.7. The van der Waals surface area contributed by atoms with E-state index in [1.807, 2.05) is 18.4 Å². The summed E-state index contributed by atoms with van der Waals surface area (Å²) in [6.45, 7) is 1.45. The molecule has 0 fully saturated rings. The molecule has 0 bridgehead atoms. The Morgan fingerprint density at radius 2 is 1.79 bits per heavy atom. The third-order valence-corrected chi connectivity index (χ3v) is 7.76. The first-order valence-electron chi connectivity index (χ1n) is 13.5. The van der Waals surface area contributed by atoms with Gasteiger partial charge in [-0.15, -0.1) is 0 Å². The summed E-state index contributed by atoms with van der Waals surface area (Å²) in [5, 5.41) is 9.10. The molecule has 3 N–H and O–H groups in total.